The van der Waals surface area contributed by atoms with Gasteiger partial charge in [-0.15, -0.1) is 11.8 Å². The van der Waals surface area contributed by atoms with Crippen molar-refractivity contribution in [3.8, 4) is 5.75 Å². The van der Waals surface area contributed by atoms with Crippen LogP contribution in [0, 0.1) is 11.7 Å². The zero-order chi connectivity index (χ0) is 33.3. The third-order valence-electron chi connectivity index (χ3n) is 6.58. The number of methoxy groups -OCH3 is 1. The number of benzene rings is 1. The van der Waals surface area contributed by atoms with Gasteiger partial charge in [0, 0.05) is 62.4 Å². The van der Waals surface area contributed by atoms with Gasteiger partial charge in [0.15, 0.2) is 11.6 Å². The molecule has 1 aliphatic rings. The summed E-state index contributed by atoms with van der Waals surface area (Å²) in [6, 6.07) is 10.1. The fourth-order valence-electron chi connectivity index (χ4n) is 4.12. The number of pyridine rings is 1. The van der Waals surface area contributed by atoms with E-state index in [9.17, 15) is 14.3 Å². The Labute approximate surface area is 272 Å². The van der Waals surface area contributed by atoms with Gasteiger partial charge in [-0.1, -0.05) is 19.2 Å². The van der Waals surface area contributed by atoms with E-state index >= 15 is 4.39 Å². The number of aliphatic hydroxyl groups is 1. The number of thioether (sulfide) groups is 1. The fourth-order valence-corrected chi connectivity index (χ4v) is 5.05. The Morgan fingerprint density at radius 2 is 2.13 bits per heavy atom. The maximum Gasteiger partial charge on any atom is 0.233 e. The average molecular weight is 652 g/mol. The molecular formula is C34H39F2N5O4S. The number of ether oxygens (including phenoxy) is 2. The molecule has 3 rings (SSSR count). The minimum atomic E-state index is -0.846. The number of nitrogens with zero attached hydrogens (tertiary/aromatic N) is 3. The second-order valence-corrected chi connectivity index (χ2v) is 10.9. The Hall–Kier alpha value is -4.36. The number of hydrogen-bond donors (Lipinski definition) is 3. The number of carbonyl (C=O) groups excluding carboxylic acids is 1. The molecule has 1 aromatic heterocycles. The molecule has 0 aliphatic carbocycles. The van der Waals surface area contributed by atoms with Crippen LogP contribution in [0.4, 0.5) is 14.5 Å². The molecule has 3 N–H and O–H groups in total. The van der Waals surface area contributed by atoms with Crippen LogP contribution in [0.1, 0.15) is 11.4 Å². The van der Waals surface area contributed by atoms with Crippen molar-refractivity contribution in [2.24, 2.45) is 10.9 Å². The Bertz CT molecular complexity index is 1520. The van der Waals surface area contributed by atoms with Gasteiger partial charge in [0.05, 0.1) is 48.3 Å². The highest BCUT2D eigenvalue weighted by atomic mass is 32.2. The lowest BCUT2D eigenvalue weighted by atomic mass is 10.1. The number of carbonyl (C=O) groups is 1. The first-order valence-electron chi connectivity index (χ1n) is 14.4. The van der Waals surface area contributed by atoms with Crippen molar-refractivity contribution in [1.82, 2.24) is 15.2 Å². The maximum absolute atomic E-state index is 15.2. The lowest BCUT2D eigenvalue weighted by Gasteiger charge is -2.24. The monoisotopic (exact) mass is 651 g/mol. The molecule has 12 heteroatoms. The second-order valence-electron chi connectivity index (χ2n) is 9.90. The van der Waals surface area contributed by atoms with Gasteiger partial charge < -0.3 is 30.1 Å². The first kappa shape index (κ1) is 36.1. The van der Waals surface area contributed by atoms with Crippen molar-refractivity contribution in [2.75, 3.05) is 51.5 Å². The Morgan fingerprint density at radius 3 is 2.85 bits per heavy atom. The molecule has 0 saturated carbocycles. The number of aliphatic imine (C=N–C) groups is 1. The van der Waals surface area contributed by atoms with Gasteiger partial charge in [0.25, 0.3) is 0 Å². The van der Waals surface area contributed by atoms with E-state index in [1.807, 2.05) is 24.3 Å². The largest absolute Gasteiger partial charge is 0.458 e. The van der Waals surface area contributed by atoms with Gasteiger partial charge >= 0.3 is 0 Å². The molecule has 1 amide bonds. The zero-order valence-electron chi connectivity index (χ0n) is 25.9. The molecule has 1 aliphatic heterocycles. The van der Waals surface area contributed by atoms with Gasteiger partial charge in [-0.2, -0.15) is 0 Å². The van der Waals surface area contributed by atoms with E-state index in [0.717, 1.165) is 22.4 Å². The minimum absolute atomic E-state index is 0.00727. The van der Waals surface area contributed by atoms with Crippen LogP contribution in [0.3, 0.4) is 0 Å². The van der Waals surface area contributed by atoms with Crippen LogP contribution < -0.4 is 15.4 Å². The number of aromatic nitrogens is 1. The molecule has 46 heavy (non-hydrogen) atoms. The van der Waals surface area contributed by atoms with E-state index in [4.69, 9.17) is 14.5 Å². The van der Waals surface area contributed by atoms with E-state index in [0.29, 0.717) is 54.6 Å². The predicted molar refractivity (Wildman–Crippen MR) is 181 cm³/mol. The highest BCUT2D eigenvalue weighted by Crippen LogP contribution is 2.32. The Morgan fingerprint density at radius 1 is 1.30 bits per heavy atom. The van der Waals surface area contributed by atoms with Crippen LogP contribution in [0.2, 0.25) is 0 Å². The number of hydrogen-bond acceptors (Lipinski definition) is 9. The van der Waals surface area contributed by atoms with E-state index in [1.54, 1.807) is 25.5 Å². The SMILES string of the molecule is C=C/C(=C\C=C\F)N(C)C(=O)C(CO)CNc1ccc(O/C2=C/C=NC(=C)/C=C(/c3cccc(CNCCOC)n3)SC2)c(F)c1. The van der Waals surface area contributed by atoms with Crippen LogP contribution in [0.15, 0.2) is 108 Å². The van der Waals surface area contributed by atoms with Crippen molar-refractivity contribution in [3.63, 3.8) is 0 Å². The summed E-state index contributed by atoms with van der Waals surface area (Å²) in [5.74, 6) is -1.04. The summed E-state index contributed by atoms with van der Waals surface area (Å²) in [7, 11) is 3.15. The lowest BCUT2D eigenvalue weighted by Crippen LogP contribution is -2.37. The van der Waals surface area contributed by atoms with Gasteiger partial charge in [0.2, 0.25) is 5.91 Å². The molecule has 2 aromatic rings. The molecule has 0 bridgehead atoms. The van der Waals surface area contributed by atoms with E-state index in [1.165, 1.54) is 48.0 Å². The lowest BCUT2D eigenvalue weighted by molar-refractivity contribution is -0.132. The smallest absolute Gasteiger partial charge is 0.233 e. The van der Waals surface area contributed by atoms with Crippen molar-refractivity contribution < 1.29 is 28.2 Å². The summed E-state index contributed by atoms with van der Waals surface area (Å²) in [4.78, 5) is 24.1. The van der Waals surface area contributed by atoms with Crippen molar-refractivity contribution in [3.05, 3.63) is 121 Å². The first-order valence-corrected chi connectivity index (χ1v) is 15.4. The highest BCUT2D eigenvalue weighted by molar-refractivity contribution is 8.08. The van der Waals surface area contributed by atoms with Gasteiger partial charge in [0.1, 0.15) is 5.76 Å². The number of nitrogens with one attached hydrogen (secondary N) is 2. The van der Waals surface area contributed by atoms with Gasteiger partial charge in [-0.05, 0) is 54.6 Å². The maximum atomic E-state index is 15.2. The number of likely N-dealkylation sites (N-methyl/N-ethyl adjacent to an activating group) is 1. The quantitative estimate of drug-likeness (QED) is 0.159. The van der Waals surface area contributed by atoms with Crippen LogP contribution in [-0.2, 0) is 16.1 Å². The van der Waals surface area contributed by atoms with E-state index < -0.39 is 24.2 Å². The van der Waals surface area contributed by atoms with Gasteiger partial charge in [-0.25, -0.2) is 8.78 Å². The third-order valence-corrected chi connectivity index (χ3v) is 7.65. The van der Waals surface area contributed by atoms with Crippen molar-refractivity contribution in [2.45, 2.75) is 6.54 Å². The highest BCUT2D eigenvalue weighted by Gasteiger charge is 2.23. The summed E-state index contributed by atoms with van der Waals surface area (Å²) in [5, 5.41) is 16.1. The van der Waals surface area contributed by atoms with Crippen molar-refractivity contribution in [1.29, 1.82) is 0 Å². The van der Waals surface area contributed by atoms with Crippen LogP contribution in [0.25, 0.3) is 4.91 Å². The predicted octanol–water partition coefficient (Wildman–Crippen LogP) is 5.62. The number of rotatable bonds is 16. The summed E-state index contributed by atoms with van der Waals surface area (Å²) in [6.07, 6.45) is 9.31. The van der Waals surface area contributed by atoms with E-state index in [-0.39, 0.29) is 12.3 Å². The second kappa shape index (κ2) is 19.2. The fraction of sp³-hybridized carbons (Fsp3) is 0.265. The molecular weight excluding hydrogens is 612 g/mol. The zero-order valence-corrected chi connectivity index (χ0v) is 26.7. The van der Waals surface area contributed by atoms with Crippen LogP contribution in [-0.4, -0.2) is 73.3 Å². The Balaban J connectivity index is 1.65. The molecule has 1 aromatic carbocycles. The molecule has 0 spiro atoms. The normalized spacial score (nSPS) is 16.8. The average Bonchev–Trinajstić information content (AvgIpc) is 3.15. The summed E-state index contributed by atoms with van der Waals surface area (Å²) < 4.78 is 38.6. The summed E-state index contributed by atoms with van der Waals surface area (Å²) in [6.45, 7) is 9.11. The molecule has 0 fully saturated rings. The molecule has 1 atom stereocenters. The first-order chi connectivity index (χ1) is 22.3. The minimum Gasteiger partial charge on any atom is -0.458 e. The standard InChI is InChI=1S/C34H39F2N5O4S/c1-5-28(9-7-14-35)41(3)34(43)25(22-42)20-39-26-11-12-32(30(36)19-26)45-29-13-15-38-24(2)18-33(46-23-29)31-10-6-8-27(40-31)21-37-16-17-44-4/h5-15,18-19,25,37,39,42H,1-2,16-17,20-23H2,3-4H3/b14-7+,28-9+,29-13+,33-18-,38-15?. The molecule has 1 unspecified atom stereocenters. The van der Waals surface area contributed by atoms with Crippen LogP contribution in [0.5, 0.6) is 5.75 Å². The van der Waals surface area contributed by atoms with Crippen molar-refractivity contribution >= 4 is 34.5 Å². The molecule has 0 saturated heterocycles. The number of halogens is 2. The Kier molecular flexibility index (Phi) is 15.1. The van der Waals surface area contributed by atoms with Crippen LogP contribution >= 0.6 is 11.8 Å². The molecule has 2 heterocycles. The number of aliphatic hydroxyl groups excluding tert-OH is 1. The topological polar surface area (TPSA) is 108 Å². The third kappa shape index (κ3) is 11.2. The molecule has 244 valence electrons. The van der Waals surface area contributed by atoms with Gasteiger partial charge in [-0.3, -0.25) is 14.8 Å². The molecule has 0 radical (unpaired) electrons. The van der Waals surface area contributed by atoms with E-state index in [2.05, 4.69) is 28.8 Å². The summed E-state index contributed by atoms with van der Waals surface area (Å²) >= 11 is 1.47. The molecule has 9 nitrogen and oxygen atoms in total. The summed E-state index contributed by atoms with van der Waals surface area (Å²) in [5.41, 5.74) is 2.91. The number of anilines is 1. The number of allylic oxidation sites excluding steroid dienone is 5. The number of amides is 1.